The fraction of sp³-hybridized carbons (Fsp3) is 0.0909. The molecule has 0 fully saturated rings. The molecule has 6 nitrogen and oxygen atoms in total. The summed E-state index contributed by atoms with van der Waals surface area (Å²) in [5, 5.41) is 13.4. The summed E-state index contributed by atoms with van der Waals surface area (Å²) in [6.07, 6.45) is 1.62. The first-order valence-corrected chi connectivity index (χ1v) is 12.0. The van der Waals surface area contributed by atoms with Crippen LogP contribution in [0.3, 0.4) is 0 Å². The van der Waals surface area contributed by atoms with E-state index in [0.29, 0.717) is 5.16 Å². The summed E-state index contributed by atoms with van der Waals surface area (Å²) in [6.45, 7) is 2.05. The Kier molecular flexibility index (Phi) is 6.96. The van der Waals surface area contributed by atoms with Crippen LogP contribution in [0.25, 0.3) is 17.1 Å². The van der Waals surface area contributed by atoms with Gasteiger partial charge in [-0.25, -0.2) is 5.43 Å². The fourth-order valence-electron chi connectivity index (χ4n) is 2.79. The Morgan fingerprint density at radius 1 is 1.13 bits per heavy atom. The highest BCUT2D eigenvalue weighted by molar-refractivity contribution is 9.11. The number of rotatable bonds is 7. The predicted molar refractivity (Wildman–Crippen MR) is 130 cm³/mol. The lowest BCUT2D eigenvalue weighted by Crippen LogP contribution is -2.19. The zero-order valence-corrected chi connectivity index (χ0v) is 19.7. The molecule has 4 aromatic rings. The van der Waals surface area contributed by atoms with E-state index in [2.05, 4.69) is 36.7 Å². The standard InChI is InChI=1S/C22H18BrN5OS2/c1-15-7-9-16(10-8-15)21-26-27-22(28(21)17-5-3-2-4-6-17)30-14-20(29)25-24-13-18-11-12-19(23)31-18/h2-13H,14H2,1H3,(H,25,29)/b24-13-. The Balaban J connectivity index is 1.50. The molecule has 0 aliphatic heterocycles. The van der Waals surface area contributed by atoms with Gasteiger partial charge in [-0.05, 0) is 47.1 Å². The van der Waals surface area contributed by atoms with Gasteiger partial charge in [-0.2, -0.15) is 5.10 Å². The SMILES string of the molecule is Cc1ccc(-c2nnc(SCC(=O)N/N=C\c3ccc(Br)s3)n2-c2ccccc2)cc1. The average Bonchev–Trinajstić information content (AvgIpc) is 3.39. The molecule has 0 saturated heterocycles. The molecule has 2 heterocycles. The lowest BCUT2D eigenvalue weighted by atomic mass is 10.1. The maximum Gasteiger partial charge on any atom is 0.250 e. The first-order chi connectivity index (χ1) is 15.1. The number of hydrazone groups is 1. The molecule has 2 aromatic carbocycles. The van der Waals surface area contributed by atoms with Crippen molar-refractivity contribution in [3.8, 4) is 17.1 Å². The summed E-state index contributed by atoms with van der Waals surface area (Å²) in [5.74, 6) is 0.691. The number of amides is 1. The van der Waals surface area contributed by atoms with E-state index in [1.165, 1.54) is 28.7 Å². The number of nitrogens with one attached hydrogen (secondary N) is 1. The monoisotopic (exact) mass is 511 g/mol. The van der Waals surface area contributed by atoms with E-state index >= 15 is 0 Å². The highest BCUT2D eigenvalue weighted by Gasteiger charge is 2.17. The number of nitrogens with zero attached hydrogens (tertiary/aromatic N) is 4. The van der Waals surface area contributed by atoms with Crippen LogP contribution in [0.2, 0.25) is 0 Å². The van der Waals surface area contributed by atoms with Crippen LogP contribution in [0, 0.1) is 6.92 Å². The number of para-hydroxylation sites is 1. The molecule has 0 radical (unpaired) electrons. The molecular formula is C22H18BrN5OS2. The van der Waals surface area contributed by atoms with Crippen molar-refractivity contribution >= 4 is 51.2 Å². The maximum absolute atomic E-state index is 12.3. The van der Waals surface area contributed by atoms with Crippen LogP contribution in [0.4, 0.5) is 0 Å². The Morgan fingerprint density at radius 3 is 2.61 bits per heavy atom. The number of aryl methyl sites for hydroxylation is 1. The number of carbonyl (C=O) groups excluding carboxylic acids is 1. The molecule has 156 valence electrons. The summed E-state index contributed by atoms with van der Waals surface area (Å²) in [5.41, 5.74) is 5.64. The molecule has 0 aliphatic rings. The minimum absolute atomic E-state index is 0.171. The van der Waals surface area contributed by atoms with Crippen LogP contribution in [-0.2, 0) is 4.79 Å². The van der Waals surface area contributed by atoms with Crippen LogP contribution < -0.4 is 5.43 Å². The van der Waals surface area contributed by atoms with Gasteiger partial charge in [-0.1, -0.05) is 59.8 Å². The molecule has 0 spiro atoms. The number of aromatic nitrogens is 3. The van der Waals surface area contributed by atoms with Gasteiger partial charge in [0.05, 0.1) is 15.8 Å². The number of benzene rings is 2. The van der Waals surface area contributed by atoms with Gasteiger partial charge in [0.1, 0.15) is 0 Å². The third-order valence-corrected chi connectivity index (χ3v) is 6.75. The topological polar surface area (TPSA) is 72.2 Å². The molecule has 0 unspecified atom stereocenters. The molecule has 9 heteroatoms. The number of hydrogen-bond acceptors (Lipinski definition) is 6. The van der Waals surface area contributed by atoms with Gasteiger partial charge >= 0.3 is 0 Å². The maximum atomic E-state index is 12.3. The normalized spacial score (nSPS) is 11.2. The zero-order valence-electron chi connectivity index (χ0n) is 16.5. The Morgan fingerprint density at radius 2 is 1.90 bits per heavy atom. The van der Waals surface area contributed by atoms with E-state index in [-0.39, 0.29) is 11.7 Å². The number of halogens is 1. The Bertz CT molecular complexity index is 1200. The van der Waals surface area contributed by atoms with Gasteiger partial charge in [-0.3, -0.25) is 9.36 Å². The molecule has 0 aliphatic carbocycles. The summed E-state index contributed by atoms with van der Waals surface area (Å²) < 4.78 is 2.98. The van der Waals surface area contributed by atoms with Crippen molar-refractivity contribution in [2.45, 2.75) is 12.1 Å². The highest BCUT2D eigenvalue weighted by atomic mass is 79.9. The molecule has 1 N–H and O–H groups in total. The van der Waals surface area contributed by atoms with Crippen LogP contribution >= 0.6 is 39.0 Å². The van der Waals surface area contributed by atoms with Gasteiger partial charge in [-0.15, -0.1) is 21.5 Å². The van der Waals surface area contributed by atoms with Crippen LogP contribution in [-0.4, -0.2) is 32.6 Å². The van der Waals surface area contributed by atoms with E-state index in [4.69, 9.17) is 0 Å². The van der Waals surface area contributed by atoms with E-state index in [0.717, 1.165) is 25.7 Å². The number of thiophene rings is 1. The van der Waals surface area contributed by atoms with Crippen LogP contribution in [0.5, 0.6) is 0 Å². The lowest BCUT2D eigenvalue weighted by Gasteiger charge is -2.10. The smallest absolute Gasteiger partial charge is 0.250 e. The highest BCUT2D eigenvalue weighted by Crippen LogP contribution is 2.28. The van der Waals surface area contributed by atoms with Crippen molar-refractivity contribution in [3.05, 3.63) is 81.0 Å². The third kappa shape index (κ3) is 5.49. The second kappa shape index (κ2) is 10.0. The summed E-state index contributed by atoms with van der Waals surface area (Å²) >= 11 is 6.26. The molecule has 4 rings (SSSR count). The second-order valence-electron chi connectivity index (χ2n) is 6.57. The molecule has 2 aromatic heterocycles. The number of hydrogen-bond donors (Lipinski definition) is 1. The molecular weight excluding hydrogens is 494 g/mol. The number of carbonyl (C=O) groups is 1. The quantitative estimate of drug-likeness (QED) is 0.207. The fourth-order valence-corrected chi connectivity index (χ4v) is 4.83. The van der Waals surface area contributed by atoms with E-state index in [9.17, 15) is 4.79 Å². The van der Waals surface area contributed by atoms with Crippen molar-refractivity contribution in [2.75, 3.05) is 5.75 Å². The first-order valence-electron chi connectivity index (χ1n) is 9.38. The second-order valence-corrected chi connectivity index (χ2v) is 10.0. The van der Waals surface area contributed by atoms with Crippen LogP contribution in [0.1, 0.15) is 10.4 Å². The minimum Gasteiger partial charge on any atom is -0.272 e. The lowest BCUT2D eigenvalue weighted by molar-refractivity contribution is -0.118. The molecule has 31 heavy (non-hydrogen) atoms. The van der Waals surface area contributed by atoms with Crippen molar-refractivity contribution in [2.24, 2.45) is 5.10 Å². The Labute approximate surface area is 196 Å². The average molecular weight is 512 g/mol. The van der Waals surface area contributed by atoms with Crippen molar-refractivity contribution in [1.29, 1.82) is 0 Å². The van der Waals surface area contributed by atoms with Gasteiger partial charge in [0.2, 0.25) is 0 Å². The van der Waals surface area contributed by atoms with Gasteiger partial charge < -0.3 is 0 Å². The zero-order chi connectivity index (χ0) is 21.6. The van der Waals surface area contributed by atoms with Crippen molar-refractivity contribution < 1.29 is 4.79 Å². The molecule has 0 bridgehead atoms. The Hall–Kier alpha value is -2.75. The largest absolute Gasteiger partial charge is 0.272 e. The van der Waals surface area contributed by atoms with E-state index in [1.807, 2.05) is 78.2 Å². The summed E-state index contributed by atoms with van der Waals surface area (Å²) in [4.78, 5) is 13.2. The molecule has 0 saturated carbocycles. The molecule has 0 atom stereocenters. The third-order valence-electron chi connectivity index (χ3n) is 4.26. The minimum atomic E-state index is -0.212. The predicted octanol–water partition coefficient (Wildman–Crippen LogP) is 5.31. The van der Waals surface area contributed by atoms with E-state index in [1.54, 1.807) is 6.21 Å². The first kappa shape index (κ1) is 21.5. The summed E-state index contributed by atoms with van der Waals surface area (Å²) in [7, 11) is 0. The molecule has 1 amide bonds. The number of thioether (sulfide) groups is 1. The van der Waals surface area contributed by atoms with Gasteiger partial charge in [0.15, 0.2) is 11.0 Å². The van der Waals surface area contributed by atoms with Crippen LogP contribution in [0.15, 0.2) is 80.8 Å². The van der Waals surface area contributed by atoms with Gasteiger partial charge in [0.25, 0.3) is 5.91 Å². The van der Waals surface area contributed by atoms with Crippen molar-refractivity contribution in [3.63, 3.8) is 0 Å². The summed E-state index contributed by atoms with van der Waals surface area (Å²) in [6, 6.07) is 21.9. The van der Waals surface area contributed by atoms with Crippen molar-refractivity contribution in [1.82, 2.24) is 20.2 Å². The van der Waals surface area contributed by atoms with Gasteiger partial charge in [0, 0.05) is 16.1 Å². The van der Waals surface area contributed by atoms with E-state index < -0.39 is 0 Å².